The number of thiazole rings is 1. The van der Waals surface area contributed by atoms with Gasteiger partial charge in [0.2, 0.25) is 0 Å². The summed E-state index contributed by atoms with van der Waals surface area (Å²) in [6.07, 6.45) is 0.819. The minimum atomic E-state index is 0.0869. The van der Waals surface area contributed by atoms with Crippen LogP contribution in [0.4, 0.5) is 0 Å². The first-order chi connectivity index (χ1) is 9.50. The third kappa shape index (κ3) is 3.97. The number of hydrogen-bond acceptors (Lipinski definition) is 3. The van der Waals surface area contributed by atoms with Crippen molar-refractivity contribution in [2.24, 2.45) is 0 Å². The molecular weight excluding hydrogens is 290 g/mol. The summed E-state index contributed by atoms with van der Waals surface area (Å²) in [7, 11) is 0. The van der Waals surface area contributed by atoms with Gasteiger partial charge in [-0.1, -0.05) is 39.0 Å². The second kappa shape index (κ2) is 6.59. The van der Waals surface area contributed by atoms with Crippen LogP contribution in [0.2, 0.25) is 0 Å². The predicted octanol–water partition coefficient (Wildman–Crippen LogP) is 4.80. The van der Waals surface area contributed by atoms with Crippen LogP contribution in [-0.4, -0.2) is 11.6 Å². The average Bonchev–Trinajstić information content (AvgIpc) is 2.86. The molecule has 0 saturated carbocycles. The molecule has 4 heteroatoms. The molecular formula is C16H20ClNOS. The second-order valence-electron chi connectivity index (χ2n) is 5.71. The lowest BCUT2D eigenvalue weighted by Crippen LogP contribution is -2.14. The summed E-state index contributed by atoms with van der Waals surface area (Å²) in [5, 5.41) is 3.08. The molecule has 0 saturated heterocycles. The van der Waals surface area contributed by atoms with Crippen molar-refractivity contribution in [2.45, 2.75) is 38.5 Å². The smallest absolute Gasteiger partial charge is 0.123 e. The monoisotopic (exact) mass is 309 g/mol. The number of alkyl halides is 1. The van der Waals surface area contributed by atoms with Crippen molar-refractivity contribution in [3.05, 3.63) is 45.9 Å². The zero-order chi connectivity index (χ0) is 14.6. The van der Waals surface area contributed by atoms with E-state index in [-0.39, 0.29) is 5.41 Å². The van der Waals surface area contributed by atoms with Crippen molar-refractivity contribution >= 4 is 22.9 Å². The van der Waals surface area contributed by atoms with E-state index in [2.05, 4.69) is 37.9 Å². The van der Waals surface area contributed by atoms with Crippen molar-refractivity contribution in [1.29, 1.82) is 0 Å². The van der Waals surface area contributed by atoms with Gasteiger partial charge in [0, 0.05) is 11.8 Å². The second-order valence-corrected chi connectivity index (χ2v) is 6.92. The first kappa shape index (κ1) is 15.3. The summed E-state index contributed by atoms with van der Waals surface area (Å²) in [6.45, 7) is 7.23. The van der Waals surface area contributed by atoms with Gasteiger partial charge in [-0.2, -0.15) is 0 Å². The molecule has 0 bridgehead atoms. The Morgan fingerprint density at radius 3 is 2.65 bits per heavy atom. The van der Waals surface area contributed by atoms with Gasteiger partial charge in [0.1, 0.15) is 5.75 Å². The van der Waals surface area contributed by atoms with Crippen LogP contribution in [0.1, 0.15) is 37.0 Å². The van der Waals surface area contributed by atoms with E-state index in [1.807, 2.05) is 17.5 Å². The van der Waals surface area contributed by atoms with E-state index < -0.39 is 0 Å². The van der Waals surface area contributed by atoms with Gasteiger partial charge >= 0.3 is 0 Å². The van der Waals surface area contributed by atoms with E-state index in [1.54, 1.807) is 11.3 Å². The maximum Gasteiger partial charge on any atom is 0.123 e. The fourth-order valence-electron chi connectivity index (χ4n) is 1.99. The van der Waals surface area contributed by atoms with Gasteiger partial charge in [0.05, 0.1) is 23.2 Å². The highest BCUT2D eigenvalue weighted by molar-refractivity contribution is 7.09. The Hall–Kier alpha value is -1.06. The van der Waals surface area contributed by atoms with Crippen LogP contribution in [-0.2, 0) is 17.7 Å². The van der Waals surface area contributed by atoms with Crippen molar-refractivity contribution in [2.75, 3.05) is 6.61 Å². The molecule has 0 aliphatic heterocycles. The highest BCUT2D eigenvalue weighted by atomic mass is 35.5. The van der Waals surface area contributed by atoms with Crippen molar-refractivity contribution in [3.63, 3.8) is 0 Å². The summed E-state index contributed by atoms with van der Waals surface area (Å²) < 4.78 is 5.94. The average molecular weight is 310 g/mol. The molecule has 0 radical (unpaired) electrons. The number of hydrogen-bond donors (Lipinski definition) is 0. The first-order valence-electron chi connectivity index (χ1n) is 6.72. The quantitative estimate of drug-likeness (QED) is 0.740. The molecule has 108 valence electrons. The molecule has 2 aromatic rings. The topological polar surface area (TPSA) is 22.1 Å². The van der Waals surface area contributed by atoms with Gasteiger partial charge in [-0.05, 0) is 17.0 Å². The van der Waals surface area contributed by atoms with Gasteiger partial charge in [-0.15, -0.1) is 22.9 Å². The zero-order valence-corrected chi connectivity index (χ0v) is 13.7. The lowest BCUT2D eigenvalue weighted by molar-refractivity contribution is 0.312. The lowest BCUT2D eigenvalue weighted by Gasteiger charge is -2.22. The minimum Gasteiger partial charge on any atom is -0.493 e. The highest BCUT2D eigenvalue weighted by Crippen LogP contribution is 2.31. The van der Waals surface area contributed by atoms with E-state index in [0.29, 0.717) is 12.5 Å². The van der Waals surface area contributed by atoms with E-state index in [9.17, 15) is 0 Å². The van der Waals surface area contributed by atoms with E-state index in [1.165, 1.54) is 5.56 Å². The van der Waals surface area contributed by atoms with Crippen LogP contribution in [0.5, 0.6) is 5.75 Å². The minimum absolute atomic E-state index is 0.0869. The summed E-state index contributed by atoms with van der Waals surface area (Å²) >= 11 is 7.40. The highest BCUT2D eigenvalue weighted by Gasteiger charge is 2.18. The van der Waals surface area contributed by atoms with Crippen LogP contribution < -0.4 is 4.74 Å². The van der Waals surface area contributed by atoms with Crippen molar-refractivity contribution < 1.29 is 4.74 Å². The van der Waals surface area contributed by atoms with E-state index in [4.69, 9.17) is 16.3 Å². The predicted molar refractivity (Wildman–Crippen MR) is 86.0 cm³/mol. The zero-order valence-electron chi connectivity index (χ0n) is 12.1. The first-order valence-corrected chi connectivity index (χ1v) is 8.13. The number of ether oxygens (including phenoxy) is 1. The molecule has 0 aliphatic carbocycles. The van der Waals surface area contributed by atoms with Crippen LogP contribution in [0.3, 0.4) is 0 Å². The SMILES string of the molecule is CC(C)(C)c1ccccc1OCCc1nc(CCl)cs1. The summed E-state index contributed by atoms with van der Waals surface area (Å²) in [6, 6.07) is 8.23. The molecule has 1 aromatic carbocycles. The summed E-state index contributed by atoms with van der Waals surface area (Å²) in [5.74, 6) is 1.44. The largest absolute Gasteiger partial charge is 0.493 e. The van der Waals surface area contributed by atoms with Gasteiger partial charge in [0.15, 0.2) is 0 Å². The van der Waals surface area contributed by atoms with E-state index >= 15 is 0 Å². The van der Waals surface area contributed by atoms with Gasteiger partial charge in [-0.25, -0.2) is 4.98 Å². The summed E-state index contributed by atoms with van der Waals surface area (Å²) in [5.41, 5.74) is 2.27. The number of aromatic nitrogens is 1. The van der Waals surface area contributed by atoms with Gasteiger partial charge in [-0.3, -0.25) is 0 Å². The molecule has 0 N–H and O–H groups in total. The molecule has 0 fully saturated rings. The number of para-hydroxylation sites is 1. The van der Waals surface area contributed by atoms with Crippen LogP contribution in [0.15, 0.2) is 29.6 Å². The number of benzene rings is 1. The molecule has 1 aromatic heterocycles. The third-order valence-electron chi connectivity index (χ3n) is 3.00. The van der Waals surface area contributed by atoms with Crippen LogP contribution >= 0.6 is 22.9 Å². The Bertz CT molecular complexity index is 560. The Balaban J connectivity index is 1.97. The molecule has 2 nitrogen and oxygen atoms in total. The molecule has 20 heavy (non-hydrogen) atoms. The maximum absolute atomic E-state index is 5.94. The number of nitrogens with zero attached hydrogens (tertiary/aromatic N) is 1. The maximum atomic E-state index is 5.94. The Kier molecular flexibility index (Phi) is 5.06. The van der Waals surface area contributed by atoms with Crippen molar-refractivity contribution in [3.8, 4) is 5.75 Å². The molecule has 2 rings (SSSR count). The van der Waals surface area contributed by atoms with Crippen LogP contribution in [0.25, 0.3) is 0 Å². The Labute approximate surface area is 129 Å². The number of halogens is 1. The van der Waals surface area contributed by atoms with Crippen molar-refractivity contribution in [1.82, 2.24) is 4.98 Å². The van der Waals surface area contributed by atoms with Gasteiger partial charge in [0.25, 0.3) is 0 Å². The fourth-order valence-corrected chi connectivity index (χ4v) is 2.99. The molecule has 0 spiro atoms. The molecule has 0 atom stereocenters. The summed E-state index contributed by atoms with van der Waals surface area (Å²) in [4.78, 5) is 4.44. The molecule has 0 aliphatic rings. The fraction of sp³-hybridized carbons (Fsp3) is 0.438. The van der Waals surface area contributed by atoms with E-state index in [0.717, 1.165) is 22.9 Å². The normalized spacial score (nSPS) is 11.6. The third-order valence-corrected chi connectivity index (χ3v) is 4.24. The Morgan fingerprint density at radius 1 is 1.25 bits per heavy atom. The molecule has 0 amide bonds. The Morgan fingerprint density at radius 2 is 2.00 bits per heavy atom. The standard InChI is InChI=1S/C16H20ClNOS/c1-16(2,3)13-6-4-5-7-14(13)19-9-8-15-18-12(10-17)11-20-15/h4-7,11H,8-10H2,1-3H3. The van der Waals surface area contributed by atoms with Crippen LogP contribution in [0, 0.1) is 0 Å². The molecule has 0 unspecified atom stereocenters. The molecule has 1 heterocycles. The lowest BCUT2D eigenvalue weighted by atomic mass is 9.86. The number of rotatable bonds is 5. The van der Waals surface area contributed by atoms with Gasteiger partial charge < -0.3 is 4.74 Å².